The van der Waals surface area contributed by atoms with Crippen LogP contribution in [0.1, 0.15) is 19.8 Å². The van der Waals surface area contributed by atoms with Crippen LogP contribution in [0, 0.1) is 5.92 Å². The van der Waals surface area contributed by atoms with Gasteiger partial charge in [-0.1, -0.05) is 25.1 Å². The van der Waals surface area contributed by atoms with Crippen LogP contribution in [0.15, 0.2) is 35.2 Å². The van der Waals surface area contributed by atoms with Gasteiger partial charge in [-0.3, -0.25) is 0 Å². The Morgan fingerprint density at radius 3 is 2.50 bits per heavy atom. The summed E-state index contributed by atoms with van der Waals surface area (Å²) >= 11 is 1.98. The van der Waals surface area contributed by atoms with Gasteiger partial charge in [0.25, 0.3) is 0 Å². The van der Waals surface area contributed by atoms with Crippen LogP contribution < -0.4 is 5.73 Å². The third kappa shape index (κ3) is 2.12. The van der Waals surface area contributed by atoms with Crippen LogP contribution in [0.4, 0.5) is 0 Å². The summed E-state index contributed by atoms with van der Waals surface area (Å²) in [5, 5.41) is 0.715. The van der Waals surface area contributed by atoms with Gasteiger partial charge < -0.3 is 5.73 Å². The summed E-state index contributed by atoms with van der Waals surface area (Å²) in [7, 11) is 0. The molecular weight excluding hydrogens is 190 g/mol. The van der Waals surface area contributed by atoms with Crippen molar-refractivity contribution in [1.82, 2.24) is 0 Å². The molecule has 2 rings (SSSR count). The molecule has 1 saturated carbocycles. The van der Waals surface area contributed by atoms with E-state index >= 15 is 0 Å². The third-order valence-electron chi connectivity index (χ3n) is 3.08. The first kappa shape index (κ1) is 10.1. The van der Waals surface area contributed by atoms with Crippen molar-refractivity contribution in [3.63, 3.8) is 0 Å². The van der Waals surface area contributed by atoms with Gasteiger partial charge in [-0.25, -0.2) is 0 Å². The molecule has 0 saturated heterocycles. The summed E-state index contributed by atoms with van der Waals surface area (Å²) < 4.78 is 0. The molecule has 0 aliphatic heterocycles. The van der Waals surface area contributed by atoms with Gasteiger partial charge in [0.1, 0.15) is 0 Å². The Kier molecular flexibility index (Phi) is 3.14. The fourth-order valence-corrected chi connectivity index (χ4v) is 3.33. The van der Waals surface area contributed by atoms with Gasteiger partial charge in [-0.15, -0.1) is 11.8 Å². The fourth-order valence-electron chi connectivity index (χ4n) is 2.00. The molecule has 0 aromatic heterocycles. The molecule has 0 spiro atoms. The Labute approximate surface area is 90.1 Å². The maximum absolute atomic E-state index is 6.01. The van der Waals surface area contributed by atoms with Crippen molar-refractivity contribution in [1.29, 1.82) is 0 Å². The number of benzene rings is 1. The van der Waals surface area contributed by atoms with Gasteiger partial charge >= 0.3 is 0 Å². The quantitative estimate of drug-likeness (QED) is 0.807. The van der Waals surface area contributed by atoms with Crippen molar-refractivity contribution in [2.75, 3.05) is 0 Å². The van der Waals surface area contributed by atoms with Crippen LogP contribution in [0.2, 0.25) is 0 Å². The largest absolute Gasteiger partial charge is 0.327 e. The Morgan fingerprint density at radius 2 is 1.93 bits per heavy atom. The minimum absolute atomic E-state index is 0.413. The lowest BCUT2D eigenvalue weighted by molar-refractivity contribution is 0.535. The Hall–Kier alpha value is -0.470. The molecule has 2 N–H and O–H groups in total. The van der Waals surface area contributed by atoms with Crippen LogP contribution in [0.5, 0.6) is 0 Å². The summed E-state index contributed by atoms with van der Waals surface area (Å²) in [5.74, 6) is 0.653. The SMILES string of the molecule is CC1C(N)CCC1Sc1ccccc1. The van der Waals surface area contributed by atoms with Crippen molar-refractivity contribution in [3.8, 4) is 0 Å². The number of nitrogens with two attached hydrogens (primary N) is 1. The predicted molar refractivity (Wildman–Crippen MR) is 62.5 cm³/mol. The van der Waals surface area contributed by atoms with E-state index in [1.54, 1.807) is 0 Å². The van der Waals surface area contributed by atoms with Crippen molar-refractivity contribution >= 4 is 11.8 Å². The zero-order valence-corrected chi connectivity index (χ0v) is 9.34. The topological polar surface area (TPSA) is 26.0 Å². The lowest BCUT2D eigenvalue weighted by Gasteiger charge is -2.17. The molecule has 0 bridgehead atoms. The molecule has 1 fully saturated rings. The fraction of sp³-hybridized carbons (Fsp3) is 0.500. The van der Waals surface area contributed by atoms with Crippen molar-refractivity contribution in [3.05, 3.63) is 30.3 Å². The second-order valence-corrected chi connectivity index (χ2v) is 5.38. The molecule has 0 amide bonds. The second-order valence-electron chi connectivity index (χ2n) is 4.07. The summed E-state index contributed by atoms with van der Waals surface area (Å²) in [5.41, 5.74) is 6.01. The number of hydrogen-bond donors (Lipinski definition) is 1. The van der Waals surface area contributed by atoms with Crippen molar-refractivity contribution in [2.24, 2.45) is 11.7 Å². The summed E-state index contributed by atoms with van der Waals surface area (Å²) in [6, 6.07) is 11.0. The Bertz CT molecular complexity index is 286. The summed E-state index contributed by atoms with van der Waals surface area (Å²) in [6.07, 6.45) is 2.45. The van der Waals surface area contributed by atoms with E-state index in [1.165, 1.54) is 17.7 Å². The third-order valence-corrected chi connectivity index (χ3v) is 4.59. The van der Waals surface area contributed by atoms with E-state index < -0.39 is 0 Å². The van der Waals surface area contributed by atoms with Crippen LogP contribution in [0.3, 0.4) is 0 Å². The molecule has 1 aromatic carbocycles. The zero-order valence-electron chi connectivity index (χ0n) is 8.52. The highest BCUT2D eigenvalue weighted by Gasteiger charge is 2.30. The first-order valence-electron chi connectivity index (χ1n) is 5.24. The van der Waals surface area contributed by atoms with Crippen LogP contribution >= 0.6 is 11.8 Å². The highest BCUT2D eigenvalue weighted by molar-refractivity contribution is 8.00. The van der Waals surface area contributed by atoms with E-state index in [2.05, 4.69) is 37.3 Å². The monoisotopic (exact) mass is 207 g/mol. The molecule has 14 heavy (non-hydrogen) atoms. The smallest absolute Gasteiger partial charge is 0.0135 e. The van der Waals surface area contributed by atoms with Gasteiger partial charge in [0.05, 0.1) is 0 Å². The van der Waals surface area contributed by atoms with E-state index in [4.69, 9.17) is 5.73 Å². The molecule has 0 heterocycles. The Morgan fingerprint density at radius 1 is 1.21 bits per heavy atom. The maximum Gasteiger partial charge on any atom is 0.0135 e. The number of rotatable bonds is 2. The molecule has 1 aromatic rings. The molecule has 0 radical (unpaired) electrons. The van der Waals surface area contributed by atoms with Crippen LogP contribution in [0.25, 0.3) is 0 Å². The van der Waals surface area contributed by atoms with Crippen molar-refractivity contribution in [2.45, 2.75) is 36.0 Å². The van der Waals surface area contributed by atoms with Gasteiger partial charge in [0, 0.05) is 16.2 Å². The average Bonchev–Trinajstić information content (AvgIpc) is 2.52. The van der Waals surface area contributed by atoms with E-state index in [9.17, 15) is 0 Å². The lowest BCUT2D eigenvalue weighted by atomic mass is 10.1. The van der Waals surface area contributed by atoms with Crippen molar-refractivity contribution < 1.29 is 0 Å². The normalized spacial score (nSPS) is 32.0. The first-order chi connectivity index (χ1) is 6.77. The zero-order chi connectivity index (χ0) is 9.97. The van der Waals surface area contributed by atoms with Gasteiger partial charge in [0.2, 0.25) is 0 Å². The second kappa shape index (κ2) is 4.37. The van der Waals surface area contributed by atoms with Gasteiger partial charge in [0.15, 0.2) is 0 Å². The highest BCUT2D eigenvalue weighted by atomic mass is 32.2. The highest BCUT2D eigenvalue weighted by Crippen LogP contribution is 2.37. The maximum atomic E-state index is 6.01. The van der Waals surface area contributed by atoms with E-state index in [0.717, 1.165) is 0 Å². The van der Waals surface area contributed by atoms with Gasteiger partial charge in [-0.05, 0) is 30.9 Å². The van der Waals surface area contributed by atoms with Crippen LogP contribution in [-0.4, -0.2) is 11.3 Å². The molecule has 1 aliphatic carbocycles. The Balaban J connectivity index is 1.99. The van der Waals surface area contributed by atoms with E-state index in [1.807, 2.05) is 11.8 Å². The first-order valence-corrected chi connectivity index (χ1v) is 6.12. The number of thioether (sulfide) groups is 1. The molecule has 2 heteroatoms. The molecule has 1 nitrogen and oxygen atoms in total. The standard InChI is InChI=1S/C12H17NS/c1-9-11(13)7-8-12(9)14-10-5-3-2-4-6-10/h2-6,9,11-12H,7-8,13H2,1H3. The van der Waals surface area contributed by atoms with Gasteiger partial charge in [-0.2, -0.15) is 0 Å². The molecule has 1 aliphatic rings. The molecular formula is C12H17NS. The lowest BCUT2D eigenvalue weighted by Crippen LogP contribution is -2.25. The summed E-state index contributed by atoms with van der Waals surface area (Å²) in [4.78, 5) is 1.37. The summed E-state index contributed by atoms with van der Waals surface area (Å²) in [6.45, 7) is 2.28. The van der Waals surface area contributed by atoms with Crippen LogP contribution in [-0.2, 0) is 0 Å². The van der Waals surface area contributed by atoms with E-state index in [0.29, 0.717) is 17.2 Å². The minimum Gasteiger partial charge on any atom is -0.327 e. The average molecular weight is 207 g/mol. The minimum atomic E-state index is 0.413. The molecule has 3 atom stereocenters. The predicted octanol–water partition coefficient (Wildman–Crippen LogP) is 2.90. The van der Waals surface area contributed by atoms with E-state index in [-0.39, 0.29) is 0 Å². The molecule has 76 valence electrons. The molecule has 3 unspecified atom stereocenters. The number of hydrogen-bond acceptors (Lipinski definition) is 2.